The highest BCUT2D eigenvalue weighted by Crippen LogP contribution is 2.69. The Morgan fingerprint density at radius 2 is 0.667 bits per heavy atom. The molecule has 15 aliphatic rings. The van der Waals surface area contributed by atoms with Gasteiger partial charge in [0.25, 0.3) is 5.97 Å². The van der Waals surface area contributed by atoms with Crippen molar-refractivity contribution in [1.29, 1.82) is 0 Å². The molecule has 14 heteroatoms. The summed E-state index contributed by atoms with van der Waals surface area (Å²) in [6.07, 6.45) is 41.6. The predicted molar refractivity (Wildman–Crippen MR) is 461 cm³/mol. The Bertz CT molecular complexity index is 3180. The fourth-order valence-corrected chi connectivity index (χ4v) is 30.3. The lowest BCUT2D eigenvalue weighted by Crippen LogP contribution is -2.53. The van der Waals surface area contributed by atoms with E-state index < -0.39 is 5.97 Å². The van der Waals surface area contributed by atoms with E-state index in [2.05, 4.69) is 110 Å². The van der Waals surface area contributed by atoms with Gasteiger partial charge in [-0.3, -0.25) is 14.4 Å². The first kappa shape index (κ1) is 91.5. The van der Waals surface area contributed by atoms with Gasteiger partial charge in [0.1, 0.15) is 6.29 Å². The molecule has 28 atom stereocenters. The zero-order valence-electron chi connectivity index (χ0n) is 74.7. The lowest BCUT2D eigenvalue weighted by atomic mass is 9.49. The van der Waals surface area contributed by atoms with E-state index in [0.717, 1.165) is 128 Å². The Labute approximate surface area is 693 Å². The molecule has 114 heavy (non-hydrogen) atoms. The van der Waals surface area contributed by atoms with Crippen molar-refractivity contribution in [2.75, 3.05) is 85.3 Å². The second-order valence-corrected chi connectivity index (χ2v) is 43.9. The SMILES string of the molecule is C=C1CCC2[C@H](CO)C([C@@]3(C)CC[C@H](O)C[C@@H]3CN3CCCC3)CC[C@]12C.C=C1CCC2[C@H](CO)C([C@@]3(C)CC[C@H](O)C[C@@H]3CN3CCCC3)CC[C@]12C.C=C1CCC2[C@H](COC(C)=O)C([C@@]3(C)CC[C@H](C)C[C@@H]3C=O)CC[C@]12C.C=C1CCC2[C@H](COC(C)=O)C([C@@]3(C)CC[C@H](C)C[C@@H]3CN3CCCC3)CC[C@]12C.CC(=O)O. The number of carboxylic acids is 1. The number of likely N-dealkylation sites (tertiary alicyclic amines) is 3. The van der Waals surface area contributed by atoms with Gasteiger partial charge >= 0.3 is 11.9 Å². The molecular weight excluding hydrogens is 1420 g/mol. The van der Waals surface area contributed by atoms with Crippen LogP contribution >= 0.6 is 0 Å². The third-order valence-electron chi connectivity index (χ3n) is 38.0. The monoisotopic (exact) mass is 1590 g/mol. The van der Waals surface area contributed by atoms with Crippen LogP contribution in [-0.2, 0) is 28.7 Å². The zero-order chi connectivity index (χ0) is 82.7. The largest absolute Gasteiger partial charge is 0.481 e. The second-order valence-electron chi connectivity index (χ2n) is 43.9. The lowest BCUT2D eigenvalue weighted by molar-refractivity contribution is -0.150. The van der Waals surface area contributed by atoms with Gasteiger partial charge in [0.2, 0.25) is 0 Å². The number of aliphatic carboxylic acids is 1. The molecule has 12 aliphatic carbocycles. The molecular formula is C100H167N3O11. The number of hydrogen-bond donors (Lipinski definition) is 5. The van der Waals surface area contributed by atoms with Gasteiger partial charge in [-0.25, -0.2) is 0 Å². The van der Waals surface area contributed by atoms with Crippen molar-refractivity contribution in [3.05, 3.63) is 48.6 Å². The molecule has 0 bridgehead atoms. The molecule has 0 radical (unpaired) electrons. The Balaban J connectivity index is 0.000000148. The van der Waals surface area contributed by atoms with Crippen LogP contribution in [0, 0.1) is 150 Å². The van der Waals surface area contributed by atoms with Crippen LogP contribution in [0.2, 0.25) is 0 Å². The highest BCUT2D eigenvalue weighted by Gasteiger charge is 2.62. The van der Waals surface area contributed by atoms with Crippen LogP contribution in [0.25, 0.3) is 0 Å². The van der Waals surface area contributed by atoms with E-state index in [-0.39, 0.29) is 68.0 Å². The van der Waals surface area contributed by atoms with Crippen LogP contribution in [0.1, 0.15) is 308 Å². The van der Waals surface area contributed by atoms with Crippen molar-refractivity contribution in [2.24, 2.45) is 150 Å². The van der Waals surface area contributed by atoms with Crippen molar-refractivity contribution >= 4 is 24.2 Å². The molecule has 15 fully saturated rings. The molecule has 0 aromatic carbocycles. The maximum Gasteiger partial charge on any atom is 0.302 e. The average Bonchev–Trinajstić information content (AvgIpc) is 1.49. The van der Waals surface area contributed by atoms with Gasteiger partial charge in [-0.1, -0.05) is 131 Å². The third-order valence-corrected chi connectivity index (χ3v) is 38.0. The smallest absolute Gasteiger partial charge is 0.302 e. The fourth-order valence-electron chi connectivity index (χ4n) is 30.3. The maximum absolute atomic E-state index is 12.0. The molecule has 0 amide bonds. The fraction of sp³-hybridized carbons (Fsp3) is 0.880. The predicted octanol–water partition coefficient (Wildman–Crippen LogP) is 19.8. The Morgan fingerprint density at radius 3 is 0.974 bits per heavy atom. The highest BCUT2D eigenvalue weighted by atomic mass is 16.5. The summed E-state index contributed by atoms with van der Waals surface area (Å²) in [5, 5.41) is 49.3. The summed E-state index contributed by atoms with van der Waals surface area (Å²) in [6, 6.07) is 0. The van der Waals surface area contributed by atoms with Gasteiger partial charge in [0.15, 0.2) is 0 Å². The number of nitrogens with zero attached hydrogens (tertiary/aromatic N) is 3. The van der Waals surface area contributed by atoms with Gasteiger partial charge in [0.05, 0.1) is 25.4 Å². The van der Waals surface area contributed by atoms with E-state index in [0.29, 0.717) is 121 Å². The summed E-state index contributed by atoms with van der Waals surface area (Å²) in [7, 11) is 0. The number of carbonyl (C=O) groups excluding carboxylic acids is 3. The molecule has 14 nitrogen and oxygen atoms in total. The lowest BCUT2D eigenvalue weighted by Gasteiger charge is -2.57. The molecule has 12 saturated carbocycles. The minimum Gasteiger partial charge on any atom is -0.481 e. The number of allylic oxidation sites excluding steroid dienone is 4. The topological polar surface area (TPSA) is 198 Å². The van der Waals surface area contributed by atoms with Crippen LogP contribution in [-0.4, -0.2) is 162 Å². The normalized spacial score (nSPS) is 45.6. The summed E-state index contributed by atoms with van der Waals surface area (Å²) in [5.74, 6) is 8.67. The van der Waals surface area contributed by atoms with Gasteiger partial charge in [-0.15, -0.1) is 0 Å². The molecule has 0 aromatic rings. The van der Waals surface area contributed by atoms with Gasteiger partial charge in [-0.05, 0) is 377 Å². The van der Waals surface area contributed by atoms with Crippen LogP contribution < -0.4 is 0 Å². The molecule has 3 aliphatic heterocycles. The summed E-state index contributed by atoms with van der Waals surface area (Å²) in [6.45, 7) is 59.1. The number of rotatable bonds is 17. The van der Waals surface area contributed by atoms with Crippen LogP contribution in [0.3, 0.4) is 0 Å². The first-order valence-electron chi connectivity index (χ1n) is 47.4. The van der Waals surface area contributed by atoms with E-state index in [9.17, 15) is 34.8 Å². The molecule has 0 spiro atoms. The van der Waals surface area contributed by atoms with Crippen LogP contribution in [0.15, 0.2) is 48.6 Å². The number of carbonyl (C=O) groups is 4. The first-order chi connectivity index (χ1) is 54.0. The number of hydrogen-bond acceptors (Lipinski definition) is 13. The molecule has 648 valence electrons. The zero-order valence-corrected chi connectivity index (χ0v) is 74.7. The van der Waals surface area contributed by atoms with Crippen molar-refractivity contribution in [3.63, 3.8) is 0 Å². The van der Waals surface area contributed by atoms with E-state index in [1.165, 1.54) is 203 Å². The molecule has 15 rings (SSSR count). The third kappa shape index (κ3) is 19.0. The Morgan fingerprint density at radius 1 is 0.395 bits per heavy atom. The van der Waals surface area contributed by atoms with Crippen molar-refractivity contribution < 1.29 is 54.2 Å². The molecule has 0 aromatic heterocycles. The van der Waals surface area contributed by atoms with Crippen molar-refractivity contribution in [1.82, 2.24) is 14.7 Å². The van der Waals surface area contributed by atoms with Crippen LogP contribution in [0.5, 0.6) is 0 Å². The van der Waals surface area contributed by atoms with Gasteiger partial charge in [0, 0.05) is 71.4 Å². The van der Waals surface area contributed by atoms with E-state index >= 15 is 0 Å². The number of aliphatic hydroxyl groups is 4. The van der Waals surface area contributed by atoms with E-state index in [4.69, 9.17) is 19.4 Å². The summed E-state index contributed by atoms with van der Waals surface area (Å²) in [4.78, 5) is 52.3. The van der Waals surface area contributed by atoms with Crippen molar-refractivity contribution in [3.8, 4) is 0 Å². The molecule has 5 N–H and O–H groups in total. The minimum atomic E-state index is -0.833. The highest BCUT2D eigenvalue weighted by molar-refractivity contribution is 5.66. The standard InChI is InChI=1S/C27H45NO2.2C24H41NO2.C23H36O3.C2H4O2/c1-19-10-12-27(5,22(16-19)17-28-14-6-7-15-28)25-11-13-26(4)20(2)8-9-24(26)23(25)18-30-21(3)29;2*1-17-6-7-21-20(16-26)22(9-11-23(17,21)2)24(3)10-8-19(27)14-18(24)15-25-12-4-5-13-25;1-15-8-10-23(5,18(12-15)13-24)21-9-11-22(4)16(2)6-7-20(22)19(21)14-26-17(3)25;1-2(3)4/h19,22-25H,2,6-18H2,1,3-5H3;2*18-22,26-27H,1,4-16H2,2-3H3;13,15,18-21H,2,6-12,14H2,1,3-5H3;1H3,(H,3,4)/t19-,22+,23-,24?,25?,26+,27-;2*18-,19+,20+,21?,22?,23-,24+;15-,18+,19-,20?,21?,22+,23-;/m0110./s1. The molecule has 8 unspecified atom stereocenters. The number of aliphatic hydroxyl groups excluding tert-OH is 4. The minimum absolute atomic E-state index is 0.0321. The Hall–Kier alpha value is -3.24. The number of esters is 2. The van der Waals surface area contributed by atoms with E-state index in [1.54, 1.807) is 6.92 Å². The molecule has 3 heterocycles. The quantitative estimate of drug-likeness (QED) is 0.0524. The summed E-state index contributed by atoms with van der Waals surface area (Å²) in [5.41, 5.74) is 7.52. The second kappa shape index (κ2) is 38.0. The van der Waals surface area contributed by atoms with Gasteiger partial charge < -0.3 is 54.5 Å². The van der Waals surface area contributed by atoms with Gasteiger partial charge in [-0.2, -0.15) is 0 Å². The summed E-state index contributed by atoms with van der Waals surface area (Å²) < 4.78 is 11.3. The van der Waals surface area contributed by atoms with E-state index in [1.807, 2.05) is 0 Å². The number of fused-ring (bicyclic) bond motifs is 4. The first-order valence-corrected chi connectivity index (χ1v) is 47.4. The van der Waals surface area contributed by atoms with Crippen LogP contribution in [0.4, 0.5) is 0 Å². The summed E-state index contributed by atoms with van der Waals surface area (Å²) >= 11 is 0. The maximum atomic E-state index is 12.0. The number of ether oxygens (including phenoxy) is 2. The number of carboxylic acid groups (broad SMARTS) is 1. The molecule has 3 saturated heterocycles. The van der Waals surface area contributed by atoms with Crippen molar-refractivity contribution in [2.45, 2.75) is 321 Å². The average molecular weight is 1590 g/mol. The number of aldehydes is 1. The Kier molecular flexibility index (Phi) is 30.5.